The van der Waals surface area contributed by atoms with Gasteiger partial charge in [-0.15, -0.1) is 0 Å². The number of aromatic nitrogens is 4. The van der Waals surface area contributed by atoms with E-state index >= 15 is 0 Å². The van der Waals surface area contributed by atoms with E-state index in [-0.39, 0.29) is 17.4 Å². The molecule has 8 nitrogen and oxygen atoms in total. The van der Waals surface area contributed by atoms with Crippen LogP contribution in [0.2, 0.25) is 0 Å². The Kier molecular flexibility index (Phi) is 4.92. The van der Waals surface area contributed by atoms with Crippen molar-refractivity contribution in [3.05, 3.63) is 74.7 Å². The SMILES string of the molecule is Cn1c(=O)c2ccc(C3CCCN(C(=O)Cc4c[nH]c5ccccc45)C3)nc2n(C)c1=O. The van der Waals surface area contributed by atoms with Crippen LogP contribution in [0.3, 0.4) is 0 Å². The Morgan fingerprint density at radius 2 is 1.91 bits per heavy atom. The highest BCUT2D eigenvalue weighted by Crippen LogP contribution is 2.27. The number of rotatable bonds is 3. The molecule has 4 aromatic rings. The second-order valence-electron chi connectivity index (χ2n) is 8.53. The number of aromatic amines is 1. The first-order valence-corrected chi connectivity index (χ1v) is 10.8. The van der Waals surface area contributed by atoms with Crippen LogP contribution in [0, 0.1) is 0 Å². The number of nitrogens with zero attached hydrogens (tertiary/aromatic N) is 4. The minimum atomic E-state index is -0.397. The number of H-pyrrole nitrogens is 1. The lowest BCUT2D eigenvalue weighted by atomic mass is 9.93. The van der Waals surface area contributed by atoms with Gasteiger partial charge >= 0.3 is 5.69 Å². The van der Waals surface area contributed by atoms with Crippen molar-refractivity contribution in [2.75, 3.05) is 13.1 Å². The highest BCUT2D eigenvalue weighted by atomic mass is 16.2. The summed E-state index contributed by atoms with van der Waals surface area (Å²) in [7, 11) is 3.09. The van der Waals surface area contributed by atoms with Crippen molar-refractivity contribution >= 4 is 27.8 Å². The molecule has 3 aromatic heterocycles. The second-order valence-corrected chi connectivity index (χ2v) is 8.53. The summed E-state index contributed by atoms with van der Waals surface area (Å²) in [6.07, 6.45) is 4.07. The maximum atomic E-state index is 13.1. The molecule has 0 saturated carbocycles. The number of nitrogens with one attached hydrogen (secondary N) is 1. The van der Waals surface area contributed by atoms with Crippen LogP contribution in [0.5, 0.6) is 0 Å². The van der Waals surface area contributed by atoms with Gasteiger partial charge in [-0.3, -0.25) is 18.7 Å². The standard InChI is InChI=1S/C24H25N5O3/c1-27-22-18(23(31)28(2)24(27)32)9-10-19(26-22)15-6-5-11-29(14-15)21(30)12-16-13-25-20-8-4-3-7-17(16)20/h3-4,7-10,13,15,25H,5-6,11-12,14H2,1-2H3. The van der Waals surface area contributed by atoms with E-state index in [1.807, 2.05) is 41.4 Å². The summed E-state index contributed by atoms with van der Waals surface area (Å²) in [4.78, 5) is 47.6. The molecule has 1 saturated heterocycles. The van der Waals surface area contributed by atoms with Gasteiger partial charge in [-0.25, -0.2) is 9.78 Å². The molecular formula is C24H25N5O3. The Morgan fingerprint density at radius 3 is 2.75 bits per heavy atom. The highest BCUT2D eigenvalue weighted by Gasteiger charge is 2.26. The number of pyridine rings is 1. The van der Waals surface area contributed by atoms with Crippen LogP contribution in [0.15, 0.2) is 52.2 Å². The molecule has 1 unspecified atom stereocenters. The van der Waals surface area contributed by atoms with Gasteiger partial charge in [0, 0.05) is 55.9 Å². The quantitative estimate of drug-likeness (QED) is 0.537. The van der Waals surface area contributed by atoms with Gasteiger partial charge in [-0.1, -0.05) is 18.2 Å². The average Bonchev–Trinajstić information content (AvgIpc) is 3.24. The van der Waals surface area contributed by atoms with E-state index in [0.29, 0.717) is 24.0 Å². The first kappa shape index (κ1) is 20.2. The highest BCUT2D eigenvalue weighted by molar-refractivity contribution is 5.89. The molecule has 5 rings (SSSR count). The number of likely N-dealkylation sites (tertiary alicyclic amines) is 1. The van der Waals surface area contributed by atoms with Gasteiger partial charge in [0.1, 0.15) is 5.65 Å². The number of fused-ring (bicyclic) bond motifs is 2. The summed E-state index contributed by atoms with van der Waals surface area (Å²) in [6, 6.07) is 11.6. The normalized spacial score (nSPS) is 16.7. The van der Waals surface area contributed by atoms with Crippen molar-refractivity contribution in [3.8, 4) is 0 Å². The number of hydrogen-bond donors (Lipinski definition) is 1. The molecule has 1 fully saturated rings. The lowest BCUT2D eigenvalue weighted by Crippen LogP contribution is -2.40. The van der Waals surface area contributed by atoms with E-state index in [2.05, 4.69) is 9.97 Å². The van der Waals surface area contributed by atoms with E-state index in [1.165, 1.54) is 11.6 Å². The monoisotopic (exact) mass is 431 g/mol. The number of aryl methyl sites for hydroxylation is 1. The van der Waals surface area contributed by atoms with Gasteiger partial charge in [0.2, 0.25) is 5.91 Å². The number of piperidine rings is 1. The Morgan fingerprint density at radius 1 is 1.09 bits per heavy atom. The fourth-order valence-electron chi connectivity index (χ4n) is 4.69. The summed E-state index contributed by atoms with van der Waals surface area (Å²) < 4.78 is 2.50. The number of para-hydroxylation sites is 1. The van der Waals surface area contributed by atoms with Crippen molar-refractivity contribution in [1.82, 2.24) is 24.0 Å². The summed E-state index contributed by atoms with van der Waals surface area (Å²) >= 11 is 0. The maximum absolute atomic E-state index is 13.1. The zero-order chi connectivity index (χ0) is 22.4. The van der Waals surface area contributed by atoms with Gasteiger partial charge in [0.25, 0.3) is 5.56 Å². The molecule has 4 heterocycles. The molecule has 1 aliphatic heterocycles. The predicted octanol–water partition coefficient (Wildman–Crippen LogP) is 2.06. The lowest BCUT2D eigenvalue weighted by Gasteiger charge is -2.32. The van der Waals surface area contributed by atoms with Crippen LogP contribution in [0.25, 0.3) is 21.9 Å². The summed E-state index contributed by atoms with van der Waals surface area (Å²) in [6.45, 7) is 1.31. The first-order valence-electron chi connectivity index (χ1n) is 10.8. The van der Waals surface area contributed by atoms with Gasteiger partial charge in [-0.2, -0.15) is 0 Å². The van der Waals surface area contributed by atoms with Crippen LogP contribution < -0.4 is 11.2 Å². The van der Waals surface area contributed by atoms with Crippen molar-refractivity contribution in [2.45, 2.75) is 25.2 Å². The molecule has 0 spiro atoms. The molecule has 1 amide bonds. The number of benzene rings is 1. The number of amides is 1. The Balaban J connectivity index is 1.40. The molecular weight excluding hydrogens is 406 g/mol. The molecule has 1 aliphatic rings. The smallest absolute Gasteiger partial charge is 0.332 e. The third-order valence-electron chi connectivity index (χ3n) is 6.53. The molecule has 0 bridgehead atoms. The Bertz CT molecular complexity index is 1460. The fourth-order valence-corrected chi connectivity index (χ4v) is 4.69. The summed E-state index contributed by atoms with van der Waals surface area (Å²) in [5, 5.41) is 1.49. The van der Waals surface area contributed by atoms with Crippen molar-refractivity contribution < 1.29 is 4.79 Å². The van der Waals surface area contributed by atoms with E-state index < -0.39 is 5.69 Å². The van der Waals surface area contributed by atoms with Gasteiger partial charge in [0.15, 0.2) is 0 Å². The van der Waals surface area contributed by atoms with E-state index in [1.54, 1.807) is 13.1 Å². The minimum Gasteiger partial charge on any atom is -0.361 e. The summed E-state index contributed by atoms with van der Waals surface area (Å²) in [5.41, 5.74) is 2.49. The molecule has 0 aliphatic carbocycles. The van der Waals surface area contributed by atoms with Crippen LogP contribution >= 0.6 is 0 Å². The first-order chi connectivity index (χ1) is 15.4. The molecule has 164 valence electrons. The van der Waals surface area contributed by atoms with E-state index in [0.717, 1.165) is 46.1 Å². The van der Waals surface area contributed by atoms with Crippen molar-refractivity contribution in [1.29, 1.82) is 0 Å². The van der Waals surface area contributed by atoms with Crippen LogP contribution in [-0.2, 0) is 25.3 Å². The number of carbonyl (C=O) groups excluding carboxylic acids is 1. The topological polar surface area (TPSA) is 93.0 Å². The molecule has 32 heavy (non-hydrogen) atoms. The van der Waals surface area contributed by atoms with Gasteiger partial charge < -0.3 is 9.88 Å². The Labute approximate surface area is 184 Å². The van der Waals surface area contributed by atoms with Crippen molar-refractivity contribution in [3.63, 3.8) is 0 Å². The van der Waals surface area contributed by atoms with Gasteiger partial charge in [-0.05, 0) is 36.6 Å². The van der Waals surface area contributed by atoms with E-state index in [9.17, 15) is 14.4 Å². The molecule has 0 radical (unpaired) electrons. The Hall–Kier alpha value is -3.68. The van der Waals surface area contributed by atoms with Crippen LogP contribution in [-0.4, -0.2) is 43.0 Å². The zero-order valence-corrected chi connectivity index (χ0v) is 18.2. The fraction of sp³-hybridized carbons (Fsp3) is 0.333. The molecule has 1 N–H and O–H groups in total. The van der Waals surface area contributed by atoms with Crippen LogP contribution in [0.4, 0.5) is 0 Å². The maximum Gasteiger partial charge on any atom is 0.332 e. The zero-order valence-electron chi connectivity index (χ0n) is 18.2. The predicted molar refractivity (Wildman–Crippen MR) is 123 cm³/mol. The largest absolute Gasteiger partial charge is 0.361 e. The molecule has 1 aromatic carbocycles. The van der Waals surface area contributed by atoms with E-state index in [4.69, 9.17) is 0 Å². The number of carbonyl (C=O) groups is 1. The van der Waals surface area contributed by atoms with Crippen molar-refractivity contribution in [2.24, 2.45) is 14.1 Å². The molecule has 1 atom stereocenters. The second kappa shape index (κ2) is 7.78. The third kappa shape index (κ3) is 3.32. The van der Waals surface area contributed by atoms with Gasteiger partial charge in [0.05, 0.1) is 11.8 Å². The third-order valence-corrected chi connectivity index (χ3v) is 6.53. The minimum absolute atomic E-state index is 0.0687. The average molecular weight is 431 g/mol. The lowest BCUT2D eigenvalue weighted by molar-refractivity contribution is -0.131. The summed E-state index contributed by atoms with van der Waals surface area (Å²) in [5.74, 6) is 0.167. The van der Waals surface area contributed by atoms with Crippen LogP contribution in [0.1, 0.15) is 30.0 Å². The molecule has 8 heteroatoms. The number of hydrogen-bond acceptors (Lipinski definition) is 4.